The molecule has 0 amide bonds. The van der Waals surface area contributed by atoms with Crippen molar-refractivity contribution in [1.82, 2.24) is 0 Å². The number of benzene rings is 1. The number of hydrogen-bond acceptors (Lipinski definition) is 2. The van der Waals surface area contributed by atoms with Crippen LogP contribution < -0.4 is 5.46 Å². The molecule has 0 saturated carbocycles. The van der Waals surface area contributed by atoms with Gasteiger partial charge < -0.3 is 10.0 Å². The van der Waals surface area contributed by atoms with Gasteiger partial charge in [-0.25, -0.2) is 0 Å². The van der Waals surface area contributed by atoms with E-state index in [0.29, 0.717) is 0 Å². The van der Waals surface area contributed by atoms with Crippen molar-refractivity contribution in [3.8, 4) is 0 Å². The summed E-state index contributed by atoms with van der Waals surface area (Å²) < 4.78 is 35.8. The minimum Gasteiger partial charge on any atom is -0.423 e. The van der Waals surface area contributed by atoms with Crippen LogP contribution in [0.2, 0.25) is 0 Å². The number of halogens is 3. The average Bonchev–Trinajstić information content (AvgIpc) is 2.01. The molecule has 1 aromatic carbocycles. The zero-order chi connectivity index (χ0) is 10.8. The van der Waals surface area contributed by atoms with Crippen molar-refractivity contribution in [3.63, 3.8) is 0 Å². The van der Waals surface area contributed by atoms with Gasteiger partial charge in [-0.2, -0.15) is 13.2 Å². The van der Waals surface area contributed by atoms with Crippen LogP contribution in [-0.2, 0) is 6.42 Å². The quantitative estimate of drug-likeness (QED) is 0.687. The molecule has 0 fully saturated rings. The lowest BCUT2D eigenvalue weighted by molar-refractivity contribution is -0.127. The Bertz CT molecular complexity index is 312. The van der Waals surface area contributed by atoms with Crippen molar-refractivity contribution in [2.24, 2.45) is 0 Å². The van der Waals surface area contributed by atoms with E-state index in [1.165, 1.54) is 18.2 Å². The van der Waals surface area contributed by atoms with Crippen LogP contribution in [0.1, 0.15) is 5.56 Å². The molecule has 0 radical (unpaired) electrons. The Morgan fingerprint density at radius 1 is 1.21 bits per heavy atom. The van der Waals surface area contributed by atoms with Gasteiger partial charge in [-0.05, 0) is 11.0 Å². The van der Waals surface area contributed by atoms with Crippen LogP contribution in [0.5, 0.6) is 0 Å². The number of hydrogen-bond donors (Lipinski definition) is 2. The fourth-order valence-corrected chi connectivity index (χ4v) is 1.10. The lowest BCUT2D eigenvalue weighted by Crippen LogP contribution is -2.30. The fraction of sp³-hybridized carbons (Fsp3) is 0.250. The highest BCUT2D eigenvalue weighted by atomic mass is 19.4. The summed E-state index contributed by atoms with van der Waals surface area (Å²) in [6.45, 7) is 0. The van der Waals surface area contributed by atoms with Gasteiger partial charge >= 0.3 is 13.3 Å². The van der Waals surface area contributed by atoms with Gasteiger partial charge in [-0.3, -0.25) is 0 Å². The molecular weight excluding hydrogens is 196 g/mol. The van der Waals surface area contributed by atoms with Gasteiger partial charge in [0, 0.05) is 0 Å². The predicted molar refractivity (Wildman–Crippen MR) is 46.0 cm³/mol. The van der Waals surface area contributed by atoms with Crippen molar-refractivity contribution in [1.29, 1.82) is 0 Å². The Morgan fingerprint density at radius 2 is 1.86 bits per heavy atom. The summed E-state index contributed by atoms with van der Waals surface area (Å²) >= 11 is 0. The topological polar surface area (TPSA) is 40.5 Å². The van der Waals surface area contributed by atoms with Gasteiger partial charge in [0.15, 0.2) is 0 Å². The molecule has 2 N–H and O–H groups in total. The van der Waals surface area contributed by atoms with Crippen LogP contribution in [0, 0.1) is 0 Å². The van der Waals surface area contributed by atoms with Crippen LogP contribution in [0.3, 0.4) is 0 Å². The second kappa shape index (κ2) is 4.02. The summed E-state index contributed by atoms with van der Waals surface area (Å²) in [6.07, 6.45) is -5.34. The molecule has 2 nitrogen and oxygen atoms in total. The molecule has 0 bridgehead atoms. The highest BCUT2D eigenvalue weighted by molar-refractivity contribution is 6.58. The molecular formula is C8H8BF3O2. The summed E-state index contributed by atoms with van der Waals surface area (Å²) in [6, 6.07) is 5.12. The Hall–Kier alpha value is -1.01. The first-order valence-electron chi connectivity index (χ1n) is 3.90. The van der Waals surface area contributed by atoms with E-state index in [4.69, 9.17) is 10.0 Å². The summed E-state index contributed by atoms with van der Waals surface area (Å²) in [5.41, 5.74) is 0.0786. The minimum absolute atomic E-state index is 0.0168. The van der Waals surface area contributed by atoms with E-state index in [-0.39, 0.29) is 11.0 Å². The molecule has 1 aromatic rings. The summed E-state index contributed by atoms with van der Waals surface area (Å²) in [5.74, 6) is 0. The lowest BCUT2D eigenvalue weighted by atomic mass is 9.79. The van der Waals surface area contributed by atoms with Gasteiger partial charge in [-0.15, -0.1) is 0 Å². The van der Waals surface area contributed by atoms with Crippen LogP contribution >= 0.6 is 0 Å². The smallest absolute Gasteiger partial charge is 0.423 e. The highest BCUT2D eigenvalue weighted by Crippen LogP contribution is 2.20. The minimum atomic E-state index is -4.28. The van der Waals surface area contributed by atoms with E-state index in [1.54, 1.807) is 0 Å². The molecule has 0 aromatic heterocycles. The van der Waals surface area contributed by atoms with Gasteiger partial charge in [0.05, 0.1) is 6.42 Å². The first kappa shape index (κ1) is 11.1. The van der Waals surface area contributed by atoms with Crippen molar-refractivity contribution in [2.45, 2.75) is 12.6 Å². The number of alkyl halides is 3. The monoisotopic (exact) mass is 204 g/mol. The third-order valence-electron chi connectivity index (χ3n) is 1.65. The van der Waals surface area contributed by atoms with E-state index >= 15 is 0 Å². The number of rotatable bonds is 2. The lowest BCUT2D eigenvalue weighted by Gasteiger charge is -2.07. The van der Waals surface area contributed by atoms with Crippen LogP contribution in [0.25, 0.3) is 0 Å². The SMILES string of the molecule is OB(O)c1cccc(CC(F)(F)F)c1. The second-order valence-corrected chi connectivity index (χ2v) is 2.91. The Labute approximate surface area is 79.1 Å². The maximum atomic E-state index is 11.9. The fourth-order valence-electron chi connectivity index (χ4n) is 1.10. The van der Waals surface area contributed by atoms with Gasteiger partial charge in [0.25, 0.3) is 0 Å². The molecule has 0 aliphatic rings. The first-order valence-corrected chi connectivity index (χ1v) is 3.90. The zero-order valence-electron chi connectivity index (χ0n) is 7.12. The predicted octanol–water partition coefficient (Wildman–Crippen LogP) is 0.471. The standard InChI is InChI=1S/C8H8BF3O2/c10-8(11,12)5-6-2-1-3-7(4-6)9(13)14/h1-4,13-14H,5H2. The normalized spacial score (nSPS) is 11.5. The maximum absolute atomic E-state index is 11.9. The van der Waals surface area contributed by atoms with E-state index in [1.807, 2.05) is 0 Å². The highest BCUT2D eigenvalue weighted by Gasteiger charge is 2.27. The van der Waals surface area contributed by atoms with Crippen molar-refractivity contribution in [3.05, 3.63) is 29.8 Å². The Balaban J connectivity index is 2.84. The van der Waals surface area contributed by atoms with E-state index in [2.05, 4.69) is 0 Å². The Morgan fingerprint density at radius 3 is 2.36 bits per heavy atom. The Kier molecular flexibility index (Phi) is 3.18. The van der Waals surface area contributed by atoms with Gasteiger partial charge in [0.2, 0.25) is 0 Å². The summed E-state index contributed by atoms with van der Waals surface area (Å²) in [7, 11) is -1.73. The van der Waals surface area contributed by atoms with Crippen LogP contribution in [0.15, 0.2) is 24.3 Å². The average molecular weight is 204 g/mol. The first-order chi connectivity index (χ1) is 6.38. The molecule has 0 saturated heterocycles. The largest absolute Gasteiger partial charge is 0.488 e. The summed E-state index contributed by atoms with van der Waals surface area (Å²) in [4.78, 5) is 0. The van der Waals surface area contributed by atoms with E-state index < -0.39 is 19.7 Å². The molecule has 6 heteroatoms. The summed E-state index contributed by atoms with van der Waals surface area (Å²) in [5, 5.41) is 17.4. The molecule has 76 valence electrons. The van der Waals surface area contributed by atoms with Crippen LogP contribution in [-0.4, -0.2) is 23.3 Å². The van der Waals surface area contributed by atoms with Gasteiger partial charge in [0.1, 0.15) is 0 Å². The molecule has 1 rings (SSSR count). The third-order valence-corrected chi connectivity index (χ3v) is 1.65. The van der Waals surface area contributed by atoms with E-state index in [0.717, 1.165) is 6.07 Å². The van der Waals surface area contributed by atoms with Crippen LogP contribution in [0.4, 0.5) is 13.2 Å². The van der Waals surface area contributed by atoms with E-state index in [9.17, 15) is 13.2 Å². The molecule has 0 heterocycles. The second-order valence-electron chi connectivity index (χ2n) is 2.91. The third kappa shape index (κ3) is 3.39. The molecule has 14 heavy (non-hydrogen) atoms. The van der Waals surface area contributed by atoms with Crippen molar-refractivity contribution >= 4 is 12.6 Å². The molecule has 0 spiro atoms. The van der Waals surface area contributed by atoms with Crippen molar-refractivity contribution in [2.75, 3.05) is 0 Å². The zero-order valence-corrected chi connectivity index (χ0v) is 7.12. The molecule has 0 unspecified atom stereocenters. The van der Waals surface area contributed by atoms with Crippen molar-refractivity contribution < 1.29 is 23.2 Å². The molecule has 0 aliphatic heterocycles. The molecule has 0 aliphatic carbocycles. The van der Waals surface area contributed by atoms with Gasteiger partial charge in [-0.1, -0.05) is 24.3 Å². The maximum Gasteiger partial charge on any atom is 0.488 e. The molecule has 0 atom stereocenters.